The first-order valence-electron chi connectivity index (χ1n) is 10.3. The maximum Gasteiger partial charge on any atom is 0.169 e. The van der Waals surface area contributed by atoms with Gasteiger partial charge in [0.15, 0.2) is 18.7 Å². The van der Waals surface area contributed by atoms with Crippen molar-refractivity contribution in [2.75, 3.05) is 0 Å². The number of unbranched alkanes of at least 4 members (excludes halogenated alkanes) is 13. The highest BCUT2D eigenvalue weighted by Gasteiger charge is 2.00. The molecule has 0 N–H and O–H groups in total. The van der Waals surface area contributed by atoms with Crippen LogP contribution in [-0.2, 0) is 6.54 Å². The molecule has 0 aliphatic carbocycles. The average molecular weight is 368 g/mol. The molecule has 0 fully saturated rings. The number of nitrogens with zero attached hydrogens (tertiary/aromatic N) is 1. The van der Waals surface area contributed by atoms with E-state index < -0.39 is 0 Å². The molecule has 0 bridgehead atoms. The number of aryl methyl sites for hydroxylation is 1. The fraction of sp³-hybridized carbons (Fsp3) is 0.727. The van der Waals surface area contributed by atoms with Crippen LogP contribution < -0.4 is 17.0 Å². The summed E-state index contributed by atoms with van der Waals surface area (Å²) in [6.45, 7) is 3.35. The molecular weight excluding hydrogens is 330 g/mol. The van der Waals surface area contributed by atoms with Crippen LogP contribution >= 0.6 is 0 Å². The summed E-state index contributed by atoms with van der Waals surface area (Å²) in [5, 5.41) is 0. The molecule has 0 spiro atoms. The Morgan fingerprint density at radius 3 is 1.52 bits per heavy atom. The molecule has 1 aromatic rings. The number of pyridine rings is 1. The first-order valence-corrected chi connectivity index (χ1v) is 10.3. The van der Waals surface area contributed by atoms with Crippen LogP contribution in [0.3, 0.4) is 0 Å². The van der Waals surface area contributed by atoms with Gasteiger partial charge in [0.2, 0.25) is 0 Å². The lowest BCUT2D eigenvalue weighted by Crippen LogP contribution is -3.00. The van der Waals surface area contributed by atoms with Crippen LogP contribution in [0.1, 0.15) is 107 Å². The molecule has 0 aromatic carbocycles. The largest absolute Gasteiger partial charge is 1.00 e. The second-order valence-electron chi connectivity index (χ2n) is 7.08. The number of carbonyl (C=O) groups excluding carboxylic acids is 1. The molecular formula is C22H38ClNO. The number of rotatable bonds is 16. The van der Waals surface area contributed by atoms with E-state index in [0.29, 0.717) is 0 Å². The van der Waals surface area contributed by atoms with Crippen molar-refractivity contribution in [1.82, 2.24) is 0 Å². The molecule has 0 unspecified atom stereocenters. The molecule has 25 heavy (non-hydrogen) atoms. The van der Waals surface area contributed by atoms with E-state index in [1.54, 1.807) is 0 Å². The van der Waals surface area contributed by atoms with E-state index in [1.165, 1.54) is 89.9 Å². The van der Waals surface area contributed by atoms with Gasteiger partial charge >= 0.3 is 0 Å². The zero-order valence-corrected chi connectivity index (χ0v) is 17.0. The molecule has 2 nitrogen and oxygen atoms in total. The predicted molar refractivity (Wildman–Crippen MR) is 102 cm³/mol. The number of aldehydes is 1. The Balaban J connectivity index is 0.00000576. The Morgan fingerprint density at radius 1 is 0.720 bits per heavy atom. The van der Waals surface area contributed by atoms with Gasteiger partial charge < -0.3 is 12.4 Å². The van der Waals surface area contributed by atoms with Gasteiger partial charge in [-0.25, -0.2) is 4.57 Å². The van der Waals surface area contributed by atoms with E-state index >= 15 is 0 Å². The highest BCUT2D eigenvalue weighted by atomic mass is 35.5. The van der Waals surface area contributed by atoms with Crippen LogP contribution in [-0.4, -0.2) is 6.29 Å². The summed E-state index contributed by atoms with van der Waals surface area (Å²) in [7, 11) is 0. The van der Waals surface area contributed by atoms with Crippen molar-refractivity contribution in [2.24, 2.45) is 0 Å². The maximum atomic E-state index is 10.6. The first kappa shape index (κ1) is 24.1. The molecule has 1 rings (SSSR count). The lowest BCUT2D eigenvalue weighted by molar-refractivity contribution is -0.697. The number of hydrogen-bond donors (Lipinski definition) is 0. The van der Waals surface area contributed by atoms with Crippen molar-refractivity contribution in [1.29, 1.82) is 0 Å². The van der Waals surface area contributed by atoms with Gasteiger partial charge in [0.1, 0.15) is 6.54 Å². The van der Waals surface area contributed by atoms with Crippen LogP contribution in [0, 0.1) is 0 Å². The van der Waals surface area contributed by atoms with E-state index in [0.717, 1.165) is 18.4 Å². The second kappa shape index (κ2) is 17.9. The predicted octanol–water partition coefficient (Wildman–Crippen LogP) is 3.27. The highest BCUT2D eigenvalue weighted by molar-refractivity contribution is 5.73. The van der Waals surface area contributed by atoms with Crippen molar-refractivity contribution in [2.45, 2.75) is 103 Å². The summed E-state index contributed by atoms with van der Waals surface area (Å²) in [4.78, 5) is 10.6. The fourth-order valence-electron chi connectivity index (χ4n) is 3.19. The summed E-state index contributed by atoms with van der Waals surface area (Å²) in [5.74, 6) is 0. The summed E-state index contributed by atoms with van der Waals surface area (Å²) < 4.78 is 2.17. The lowest BCUT2D eigenvalue weighted by atomic mass is 10.0. The topological polar surface area (TPSA) is 20.9 Å². The van der Waals surface area contributed by atoms with Crippen LogP contribution in [0.5, 0.6) is 0 Å². The van der Waals surface area contributed by atoms with Gasteiger partial charge in [-0.05, 0) is 6.42 Å². The molecule has 0 amide bonds. The Morgan fingerprint density at radius 2 is 1.12 bits per heavy atom. The average Bonchev–Trinajstić information content (AvgIpc) is 2.62. The molecule has 1 aromatic heterocycles. The van der Waals surface area contributed by atoms with Crippen LogP contribution in [0.2, 0.25) is 0 Å². The maximum absolute atomic E-state index is 10.6. The molecule has 0 atom stereocenters. The minimum absolute atomic E-state index is 0. The SMILES string of the molecule is CCCCCCCCCCCCCCCC[n+]1ccc(C=O)cc1.[Cl-]. The van der Waals surface area contributed by atoms with Crippen molar-refractivity contribution in [3.05, 3.63) is 30.1 Å². The van der Waals surface area contributed by atoms with Gasteiger partial charge in [-0.2, -0.15) is 0 Å². The summed E-state index contributed by atoms with van der Waals surface area (Å²) in [6, 6.07) is 3.77. The van der Waals surface area contributed by atoms with E-state index in [4.69, 9.17) is 0 Å². The van der Waals surface area contributed by atoms with E-state index in [9.17, 15) is 4.79 Å². The van der Waals surface area contributed by atoms with Crippen molar-refractivity contribution in [3.8, 4) is 0 Å². The monoisotopic (exact) mass is 367 g/mol. The fourth-order valence-corrected chi connectivity index (χ4v) is 3.19. The number of hydrogen-bond acceptors (Lipinski definition) is 1. The lowest BCUT2D eigenvalue weighted by Gasteiger charge is -2.03. The summed E-state index contributed by atoms with van der Waals surface area (Å²) >= 11 is 0. The Hall–Kier alpha value is -0.890. The van der Waals surface area contributed by atoms with E-state index in [2.05, 4.69) is 11.5 Å². The third-order valence-electron chi connectivity index (χ3n) is 4.82. The Kier molecular flexibility index (Phi) is 17.3. The smallest absolute Gasteiger partial charge is 0.169 e. The van der Waals surface area contributed by atoms with E-state index in [1.807, 2.05) is 24.5 Å². The quantitative estimate of drug-likeness (QED) is 0.249. The normalized spacial score (nSPS) is 10.4. The van der Waals surface area contributed by atoms with Gasteiger partial charge in [-0.3, -0.25) is 4.79 Å². The van der Waals surface area contributed by atoms with Gasteiger partial charge in [0, 0.05) is 24.1 Å². The summed E-state index contributed by atoms with van der Waals surface area (Å²) in [6.07, 6.45) is 24.5. The van der Waals surface area contributed by atoms with Gasteiger partial charge in [0.05, 0.1) is 0 Å². The van der Waals surface area contributed by atoms with Gasteiger partial charge in [0.25, 0.3) is 0 Å². The van der Waals surface area contributed by atoms with Crippen molar-refractivity contribution < 1.29 is 21.8 Å². The second-order valence-corrected chi connectivity index (χ2v) is 7.08. The Labute approximate surface area is 161 Å². The molecule has 0 saturated carbocycles. The molecule has 1 heterocycles. The van der Waals surface area contributed by atoms with Gasteiger partial charge in [-0.15, -0.1) is 0 Å². The zero-order chi connectivity index (χ0) is 17.3. The van der Waals surface area contributed by atoms with Gasteiger partial charge in [-0.1, -0.05) is 84.0 Å². The van der Waals surface area contributed by atoms with Crippen molar-refractivity contribution >= 4 is 6.29 Å². The number of carbonyl (C=O) groups is 1. The van der Waals surface area contributed by atoms with Crippen LogP contribution in [0.4, 0.5) is 0 Å². The zero-order valence-electron chi connectivity index (χ0n) is 16.2. The molecule has 144 valence electrons. The third kappa shape index (κ3) is 14.0. The van der Waals surface area contributed by atoms with Crippen LogP contribution in [0.25, 0.3) is 0 Å². The van der Waals surface area contributed by atoms with Crippen molar-refractivity contribution in [3.63, 3.8) is 0 Å². The Bertz CT molecular complexity index is 405. The third-order valence-corrected chi connectivity index (χ3v) is 4.82. The summed E-state index contributed by atoms with van der Waals surface area (Å²) in [5.41, 5.74) is 0.757. The minimum Gasteiger partial charge on any atom is -1.00 e. The number of halogens is 1. The highest BCUT2D eigenvalue weighted by Crippen LogP contribution is 2.12. The van der Waals surface area contributed by atoms with Crippen LogP contribution in [0.15, 0.2) is 24.5 Å². The molecule has 0 aliphatic rings. The molecule has 0 saturated heterocycles. The standard InChI is InChI=1S/C22H38NO.ClH/c1-2-3-4-5-6-7-8-9-10-11-12-13-14-15-18-23-19-16-22(21-24)17-20-23;/h16-17,19-21H,2-15,18H2,1H3;1H/q+1;/p-1. The van der Waals surface area contributed by atoms with E-state index in [-0.39, 0.29) is 12.4 Å². The molecule has 0 aliphatic heterocycles. The molecule has 3 heteroatoms. The first-order chi connectivity index (χ1) is 11.9. The minimum atomic E-state index is 0. The molecule has 0 radical (unpaired) electrons. The number of aromatic nitrogens is 1.